The quantitative estimate of drug-likeness (QED) is 0.856. The molecule has 0 bridgehead atoms. The Kier molecular flexibility index (Phi) is 2.84. The first-order chi connectivity index (χ1) is 7.58. The third kappa shape index (κ3) is 2.16. The Hall–Kier alpha value is -1.16. The molecule has 1 aromatic rings. The van der Waals surface area contributed by atoms with E-state index in [0.717, 1.165) is 12.8 Å². The fraction of sp³-hybridized carbons (Fsp3) is 0.500. The lowest BCUT2D eigenvalue weighted by Gasteiger charge is -2.14. The second-order valence-electron chi connectivity index (χ2n) is 4.44. The van der Waals surface area contributed by atoms with E-state index in [-0.39, 0.29) is 11.3 Å². The van der Waals surface area contributed by atoms with E-state index >= 15 is 0 Å². The molecular weight excluding hydrogens is 212 g/mol. The predicted octanol–water partition coefficient (Wildman–Crippen LogP) is 2.34. The number of methoxy groups -OCH3 is 1. The second-order valence-corrected chi connectivity index (χ2v) is 4.44. The van der Waals surface area contributed by atoms with Crippen LogP contribution in [0.2, 0.25) is 0 Å². The maximum Gasteiger partial charge on any atom is 0.165 e. The van der Waals surface area contributed by atoms with E-state index in [2.05, 4.69) is 0 Å². The SMILES string of the molecule is COc1c(F)cc(CF)cc1CC1(N)CC1. The van der Waals surface area contributed by atoms with Crippen molar-refractivity contribution in [2.45, 2.75) is 31.5 Å². The zero-order valence-corrected chi connectivity index (χ0v) is 9.22. The van der Waals surface area contributed by atoms with Crippen LogP contribution in [-0.2, 0) is 13.1 Å². The molecule has 0 unspecified atom stereocenters. The van der Waals surface area contributed by atoms with Gasteiger partial charge in [-0.25, -0.2) is 8.78 Å². The third-order valence-electron chi connectivity index (χ3n) is 2.97. The molecule has 2 nitrogen and oxygen atoms in total. The van der Waals surface area contributed by atoms with Crippen LogP contribution in [0.3, 0.4) is 0 Å². The van der Waals surface area contributed by atoms with Crippen LogP contribution in [0.5, 0.6) is 5.75 Å². The summed E-state index contributed by atoms with van der Waals surface area (Å²) < 4.78 is 31.1. The fourth-order valence-electron chi connectivity index (χ4n) is 1.87. The lowest BCUT2D eigenvalue weighted by atomic mass is 10.0. The van der Waals surface area contributed by atoms with Gasteiger partial charge in [0.2, 0.25) is 0 Å². The average Bonchev–Trinajstić information content (AvgIpc) is 2.95. The second kappa shape index (κ2) is 4.01. The number of nitrogens with two attached hydrogens (primary N) is 1. The van der Waals surface area contributed by atoms with Gasteiger partial charge >= 0.3 is 0 Å². The van der Waals surface area contributed by atoms with E-state index < -0.39 is 12.5 Å². The van der Waals surface area contributed by atoms with E-state index in [1.165, 1.54) is 13.2 Å². The van der Waals surface area contributed by atoms with Gasteiger partial charge in [0.25, 0.3) is 0 Å². The Morgan fingerprint density at radius 2 is 2.12 bits per heavy atom. The fourth-order valence-corrected chi connectivity index (χ4v) is 1.87. The van der Waals surface area contributed by atoms with Crippen molar-refractivity contribution in [3.05, 3.63) is 29.1 Å². The van der Waals surface area contributed by atoms with Crippen molar-refractivity contribution in [2.24, 2.45) is 5.73 Å². The first kappa shape index (κ1) is 11.3. The van der Waals surface area contributed by atoms with Crippen LogP contribution in [0.1, 0.15) is 24.0 Å². The number of hydrogen-bond acceptors (Lipinski definition) is 2. The number of ether oxygens (including phenoxy) is 1. The molecule has 1 aliphatic rings. The van der Waals surface area contributed by atoms with Gasteiger partial charge in [0, 0.05) is 5.54 Å². The van der Waals surface area contributed by atoms with Crippen molar-refractivity contribution < 1.29 is 13.5 Å². The lowest BCUT2D eigenvalue weighted by Crippen LogP contribution is -2.25. The standard InChI is InChI=1S/C12H15F2NO/c1-16-11-9(6-12(15)2-3-12)4-8(7-13)5-10(11)14/h4-5H,2-3,6-7,15H2,1H3. The van der Waals surface area contributed by atoms with Gasteiger partial charge in [0.05, 0.1) is 7.11 Å². The molecule has 0 radical (unpaired) electrons. The molecule has 1 fully saturated rings. The molecule has 0 atom stereocenters. The maximum atomic E-state index is 13.6. The molecule has 0 aromatic heterocycles. The highest BCUT2D eigenvalue weighted by Crippen LogP contribution is 2.38. The molecule has 0 heterocycles. The minimum Gasteiger partial charge on any atom is -0.493 e. The highest BCUT2D eigenvalue weighted by Gasteiger charge is 2.39. The molecule has 2 rings (SSSR count). The Labute approximate surface area is 93.4 Å². The normalized spacial score (nSPS) is 17.2. The van der Waals surface area contributed by atoms with Crippen molar-refractivity contribution >= 4 is 0 Å². The summed E-state index contributed by atoms with van der Waals surface area (Å²) in [6.07, 6.45) is 2.40. The van der Waals surface area contributed by atoms with Gasteiger partial charge < -0.3 is 10.5 Å². The monoisotopic (exact) mass is 227 g/mol. The number of hydrogen-bond donors (Lipinski definition) is 1. The molecule has 4 heteroatoms. The van der Waals surface area contributed by atoms with Crippen LogP contribution in [0, 0.1) is 5.82 Å². The van der Waals surface area contributed by atoms with Crippen molar-refractivity contribution in [3.63, 3.8) is 0 Å². The predicted molar refractivity (Wildman–Crippen MR) is 57.6 cm³/mol. The van der Waals surface area contributed by atoms with Crippen molar-refractivity contribution in [1.29, 1.82) is 0 Å². The smallest absolute Gasteiger partial charge is 0.165 e. The summed E-state index contributed by atoms with van der Waals surface area (Å²) in [5.74, 6) is -0.328. The minimum absolute atomic E-state index is 0.189. The van der Waals surface area contributed by atoms with E-state index in [4.69, 9.17) is 10.5 Å². The van der Waals surface area contributed by atoms with Gasteiger partial charge in [-0.1, -0.05) is 0 Å². The highest BCUT2D eigenvalue weighted by atomic mass is 19.1. The summed E-state index contributed by atoms with van der Waals surface area (Å²) >= 11 is 0. The molecule has 0 spiro atoms. The van der Waals surface area contributed by atoms with E-state index in [9.17, 15) is 8.78 Å². The summed E-state index contributed by atoms with van der Waals surface area (Å²) in [5.41, 5.74) is 6.72. The van der Waals surface area contributed by atoms with Crippen LogP contribution in [0.15, 0.2) is 12.1 Å². The number of halogens is 2. The molecule has 1 saturated carbocycles. The van der Waals surface area contributed by atoms with Crippen LogP contribution in [-0.4, -0.2) is 12.6 Å². The molecule has 0 saturated heterocycles. The molecule has 1 aromatic carbocycles. The number of alkyl halides is 1. The van der Waals surface area contributed by atoms with Crippen LogP contribution in [0.25, 0.3) is 0 Å². The summed E-state index contributed by atoms with van der Waals surface area (Å²) in [7, 11) is 1.41. The molecule has 2 N–H and O–H groups in total. The molecular formula is C12H15F2NO. The van der Waals surface area contributed by atoms with Gasteiger partial charge in [0.1, 0.15) is 6.67 Å². The van der Waals surface area contributed by atoms with Crippen molar-refractivity contribution in [2.75, 3.05) is 7.11 Å². The van der Waals surface area contributed by atoms with Crippen LogP contribution in [0.4, 0.5) is 8.78 Å². The van der Waals surface area contributed by atoms with E-state index in [1.54, 1.807) is 6.07 Å². The Bertz CT molecular complexity index is 402. The average molecular weight is 227 g/mol. The van der Waals surface area contributed by atoms with Gasteiger partial charge in [-0.2, -0.15) is 0 Å². The first-order valence-electron chi connectivity index (χ1n) is 5.28. The maximum absolute atomic E-state index is 13.6. The summed E-state index contributed by atoms with van der Waals surface area (Å²) in [4.78, 5) is 0. The van der Waals surface area contributed by atoms with Crippen LogP contribution < -0.4 is 10.5 Å². The lowest BCUT2D eigenvalue weighted by molar-refractivity contribution is 0.377. The summed E-state index contributed by atoms with van der Waals surface area (Å²) in [6.45, 7) is -0.675. The molecule has 0 aliphatic heterocycles. The number of rotatable bonds is 4. The zero-order chi connectivity index (χ0) is 11.8. The largest absolute Gasteiger partial charge is 0.493 e. The zero-order valence-electron chi connectivity index (χ0n) is 9.22. The molecule has 1 aliphatic carbocycles. The molecule has 16 heavy (non-hydrogen) atoms. The topological polar surface area (TPSA) is 35.2 Å². The summed E-state index contributed by atoms with van der Waals surface area (Å²) in [6, 6.07) is 2.80. The summed E-state index contributed by atoms with van der Waals surface area (Å²) in [5, 5.41) is 0. The minimum atomic E-state index is -0.675. The van der Waals surface area contributed by atoms with E-state index in [1.807, 2.05) is 0 Å². The third-order valence-corrected chi connectivity index (χ3v) is 2.97. The Morgan fingerprint density at radius 1 is 1.44 bits per heavy atom. The van der Waals surface area contributed by atoms with Gasteiger partial charge in [0.15, 0.2) is 11.6 Å². The first-order valence-corrected chi connectivity index (χ1v) is 5.28. The molecule has 88 valence electrons. The Balaban J connectivity index is 2.35. The van der Waals surface area contributed by atoms with Gasteiger partial charge in [-0.15, -0.1) is 0 Å². The Morgan fingerprint density at radius 3 is 2.62 bits per heavy atom. The van der Waals surface area contributed by atoms with Crippen molar-refractivity contribution in [1.82, 2.24) is 0 Å². The van der Waals surface area contributed by atoms with Gasteiger partial charge in [-0.05, 0) is 42.5 Å². The van der Waals surface area contributed by atoms with Crippen molar-refractivity contribution in [3.8, 4) is 5.75 Å². The van der Waals surface area contributed by atoms with Gasteiger partial charge in [-0.3, -0.25) is 0 Å². The van der Waals surface area contributed by atoms with Crippen LogP contribution >= 0.6 is 0 Å². The van der Waals surface area contributed by atoms with E-state index in [0.29, 0.717) is 17.5 Å². The highest BCUT2D eigenvalue weighted by molar-refractivity contribution is 5.40. The number of benzene rings is 1. The molecule has 0 amide bonds.